The van der Waals surface area contributed by atoms with Gasteiger partial charge in [-0.15, -0.1) is 0 Å². The van der Waals surface area contributed by atoms with E-state index in [1.165, 1.54) is 5.56 Å². The number of benzene rings is 1. The van der Waals surface area contributed by atoms with Crippen molar-refractivity contribution in [2.45, 2.75) is 18.9 Å². The van der Waals surface area contributed by atoms with E-state index in [1.54, 1.807) is 21.3 Å². The molecule has 0 saturated heterocycles. The van der Waals surface area contributed by atoms with Gasteiger partial charge in [0.2, 0.25) is 0 Å². The second-order valence-corrected chi connectivity index (χ2v) is 7.10. The molecule has 7 heteroatoms. The van der Waals surface area contributed by atoms with Crippen molar-refractivity contribution in [3.8, 4) is 0 Å². The smallest absolute Gasteiger partial charge is 0.377 e. The summed E-state index contributed by atoms with van der Waals surface area (Å²) in [5.74, 6) is 0. The minimum atomic E-state index is -2.46. The SMILES string of the molecule is CO[Si](CCCc1ccc(N=[N+]=[N-])cc1)(OC)OC. The highest BCUT2D eigenvalue weighted by atomic mass is 28.4. The highest BCUT2D eigenvalue weighted by Gasteiger charge is 2.36. The molecule has 0 N–H and O–H groups in total. The lowest BCUT2D eigenvalue weighted by Crippen LogP contribution is -2.42. The Kier molecular flexibility index (Phi) is 6.55. The number of azide groups is 1. The summed E-state index contributed by atoms with van der Waals surface area (Å²) < 4.78 is 16.1. The predicted molar refractivity (Wildman–Crippen MR) is 75.2 cm³/mol. The van der Waals surface area contributed by atoms with Crippen LogP contribution in [-0.4, -0.2) is 30.1 Å². The van der Waals surface area contributed by atoms with Gasteiger partial charge in [-0.25, -0.2) is 0 Å². The Hall–Kier alpha value is -1.37. The van der Waals surface area contributed by atoms with Crippen LogP contribution in [0.1, 0.15) is 12.0 Å². The molecule has 19 heavy (non-hydrogen) atoms. The quantitative estimate of drug-likeness (QED) is 0.317. The Morgan fingerprint density at radius 2 is 1.68 bits per heavy atom. The van der Waals surface area contributed by atoms with Crippen molar-refractivity contribution < 1.29 is 13.3 Å². The highest BCUT2D eigenvalue weighted by molar-refractivity contribution is 6.60. The van der Waals surface area contributed by atoms with Gasteiger partial charge in [-0.3, -0.25) is 0 Å². The van der Waals surface area contributed by atoms with Crippen molar-refractivity contribution in [3.63, 3.8) is 0 Å². The maximum atomic E-state index is 8.32. The number of nitrogens with zero attached hydrogens (tertiary/aromatic N) is 3. The van der Waals surface area contributed by atoms with Crippen LogP contribution >= 0.6 is 0 Å². The highest BCUT2D eigenvalue weighted by Crippen LogP contribution is 2.19. The molecular formula is C12H19N3O3Si. The first-order valence-electron chi connectivity index (χ1n) is 5.99. The Bertz CT molecular complexity index is 420. The monoisotopic (exact) mass is 281 g/mol. The predicted octanol–water partition coefficient (Wildman–Crippen LogP) is 3.44. The van der Waals surface area contributed by atoms with Gasteiger partial charge < -0.3 is 13.3 Å². The molecule has 0 aliphatic heterocycles. The lowest BCUT2D eigenvalue weighted by molar-refractivity contribution is 0.123. The van der Waals surface area contributed by atoms with E-state index in [1.807, 2.05) is 24.3 Å². The van der Waals surface area contributed by atoms with Gasteiger partial charge in [0, 0.05) is 38.0 Å². The maximum Gasteiger partial charge on any atom is 0.500 e. The van der Waals surface area contributed by atoms with Crippen LogP contribution < -0.4 is 0 Å². The summed E-state index contributed by atoms with van der Waals surface area (Å²) in [6.45, 7) is 0. The minimum Gasteiger partial charge on any atom is -0.377 e. The fourth-order valence-corrected chi connectivity index (χ4v) is 3.57. The third-order valence-corrected chi connectivity index (χ3v) is 5.81. The second kappa shape index (κ2) is 7.93. The zero-order valence-electron chi connectivity index (χ0n) is 11.5. The van der Waals surface area contributed by atoms with Crippen LogP contribution in [0.25, 0.3) is 10.4 Å². The molecule has 0 atom stereocenters. The van der Waals surface area contributed by atoms with E-state index in [2.05, 4.69) is 10.0 Å². The van der Waals surface area contributed by atoms with Gasteiger partial charge in [-0.2, -0.15) is 0 Å². The molecule has 0 spiro atoms. The van der Waals surface area contributed by atoms with Gasteiger partial charge in [-0.05, 0) is 23.9 Å². The van der Waals surface area contributed by atoms with Crippen molar-refractivity contribution >= 4 is 14.5 Å². The normalized spacial score (nSPS) is 11.1. The standard InChI is InChI=1S/C12H19N3O3Si/c1-16-19(17-2,18-3)10-4-5-11-6-8-12(9-7-11)14-15-13/h6-9H,4-5,10H2,1-3H3. The van der Waals surface area contributed by atoms with E-state index in [0.717, 1.165) is 18.9 Å². The van der Waals surface area contributed by atoms with Crippen molar-refractivity contribution in [1.82, 2.24) is 0 Å². The fourth-order valence-electron chi connectivity index (χ4n) is 1.85. The molecule has 0 aromatic heterocycles. The largest absolute Gasteiger partial charge is 0.500 e. The van der Waals surface area contributed by atoms with Crippen molar-refractivity contribution in [2.24, 2.45) is 5.11 Å². The van der Waals surface area contributed by atoms with Gasteiger partial charge in [0.1, 0.15) is 0 Å². The molecule has 0 saturated carbocycles. The number of hydrogen-bond acceptors (Lipinski definition) is 4. The molecule has 0 bridgehead atoms. The Labute approximate surface area is 114 Å². The second-order valence-electron chi connectivity index (χ2n) is 4.00. The molecule has 104 valence electrons. The molecule has 1 aromatic rings. The molecule has 0 radical (unpaired) electrons. The topological polar surface area (TPSA) is 76.5 Å². The summed E-state index contributed by atoms with van der Waals surface area (Å²) in [4.78, 5) is 2.74. The van der Waals surface area contributed by atoms with Crippen molar-refractivity contribution in [1.29, 1.82) is 0 Å². The number of rotatable bonds is 8. The fraction of sp³-hybridized carbons (Fsp3) is 0.500. The summed E-state index contributed by atoms with van der Waals surface area (Å²) in [6, 6.07) is 8.30. The summed E-state index contributed by atoms with van der Waals surface area (Å²) >= 11 is 0. The van der Waals surface area contributed by atoms with Crippen LogP contribution in [0.4, 0.5) is 5.69 Å². The summed E-state index contributed by atoms with van der Waals surface area (Å²) in [5, 5.41) is 3.53. The maximum absolute atomic E-state index is 8.32. The number of aryl methyl sites for hydroxylation is 1. The van der Waals surface area contributed by atoms with E-state index >= 15 is 0 Å². The molecule has 0 aliphatic rings. The van der Waals surface area contributed by atoms with E-state index in [-0.39, 0.29) is 0 Å². The Morgan fingerprint density at radius 1 is 1.11 bits per heavy atom. The lowest BCUT2D eigenvalue weighted by Gasteiger charge is -2.24. The summed E-state index contributed by atoms with van der Waals surface area (Å²) in [5.41, 5.74) is 10.1. The minimum absolute atomic E-state index is 0.626. The zero-order chi connectivity index (χ0) is 14.1. The first kappa shape index (κ1) is 15.7. The van der Waals surface area contributed by atoms with Crippen molar-refractivity contribution in [2.75, 3.05) is 21.3 Å². The summed E-state index contributed by atoms with van der Waals surface area (Å²) in [7, 11) is 2.40. The van der Waals surface area contributed by atoms with Crippen LogP contribution in [0.3, 0.4) is 0 Å². The molecule has 1 aromatic carbocycles. The number of hydrogen-bond donors (Lipinski definition) is 0. The van der Waals surface area contributed by atoms with Gasteiger partial charge in [-0.1, -0.05) is 29.4 Å². The third kappa shape index (κ3) is 4.66. The van der Waals surface area contributed by atoms with Gasteiger partial charge >= 0.3 is 8.80 Å². The van der Waals surface area contributed by atoms with E-state index in [0.29, 0.717) is 5.69 Å². The van der Waals surface area contributed by atoms with Gasteiger partial charge in [0.05, 0.1) is 0 Å². The average Bonchev–Trinajstić information content (AvgIpc) is 2.46. The van der Waals surface area contributed by atoms with Crippen LogP contribution in [-0.2, 0) is 19.7 Å². The van der Waals surface area contributed by atoms with Crippen LogP contribution in [0.5, 0.6) is 0 Å². The van der Waals surface area contributed by atoms with E-state index in [4.69, 9.17) is 18.8 Å². The van der Waals surface area contributed by atoms with Gasteiger partial charge in [0.25, 0.3) is 0 Å². The third-order valence-electron chi connectivity index (χ3n) is 2.98. The van der Waals surface area contributed by atoms with Crippen LogP contribution in [0.15, 0.2) is 29.4 Å². The van der Waals surface area contributed by atoms with Crippen LogP contribution in [0, 0.1) is 0 Å². The molecule has 1 rings (SSSR count). The first-order valence-corrected chi connectivity index (χ1v) is 7.92. The Morgan fingerprint density at radius 3 is 2.16 bits per heavy atom. The average molecular weight is 281 g/mol. The molecule has 6 nitrogen and oxygen atoms in total. The van der Waals surface area contributed by atoms with Gasteiger partial charge in [0.15, 0.2) is 0 Å². The molecule has 0 amide bonds. The molecule has 0 fully saturated rings. The van der Waals surface area contributed by atoms with Crippen LogP contribution in [0.2, 0.25) is 6.04 Å². The van der Waals surface area contributed by atoms with E-state index < -0.39 is 8.80 Å². The molecule has 0 aliphatic carbocycles. The Balaban J connectivity index is 2.50. The van der Waals surface area contributed by atoms with Crippen molar-refractivity contribution in [3.05, 3.63) is 40.3 Å². The van der Waals surface area contributed by atoms with E-state index in [9.17, 15) is 0 Å². The lowest BCUT2D eigenvalue weighted by atomic mass is 10.1. The molecule has 0 heterocycles. The summed E-state index contributed by atoms with van der Waals surface area (Å²) in [6.07, 6.45) is 1.82. The first-order chi connectivity index (χ1) is 9.19. The molecular weight excluding hydrogens is 262 g/mol. The molecule has 0 unspecified atom stereocenters. The zero-order valence-corrected chi connectivity index (χ0v) is 12.5.